The van der Waals surface area contributed by atoms with Gasteiger partial charge in [0.25, 0.3) is 0 Å². The standard InChI is InChI=1S/C12H16F3NO2/c1-7(2)18-9-5-3-8(4-6-9)10(16)11(17)12(13,14)15/h3-7,10-11,17H,16H2,1-2H3/t10-,11-/m1/s1. The minimum atomic E-state index is -4.73. The molecular weight excluding hydrogens is 247 g/mol. The molecule has 0 spiro atoms. The predicted octanol–water partition coefficient (Wildman–Crippen LogP) is 2.40. The Balaban J connectivity index is 2.79. The van der Waals surface area contributed by atoms with Crippen LogP contribution in [-0.2, 0) is 0 Å². The number of rotatable bonds is 4. The van der Waals surface area contributed by atoms with Crippen LogP contribution in [0.4, 0.5) is 13.2 Å². The van der Waals surface area contributed by atoms with Gasteiger partial charge in [-0.15, -0.1) is 0 Å². The molecule has 3 nitrogen and oxygen atoms in total. The summed E-state index contributed by atoms with van der Waals surface area (Å²) in [6, 6.07) is 4.38. The maximum absolute atomic E-state index is 12.3. The van der Waals surface area contributed by atoms with Crippen LogP contribution in [0.3, 0.4) is 0 Å². The Morgan fingerprint density at radius 3 is 2.06 bits per heavy atom. The minimum Gasteiger partial charge on any atom is -0.491 e. The highest BCUT2D eigenvalue weighted by molar-refractivity contribution is 5.29. The molecule has 0 radical (unpaired) electrons. The molecule has 0 saturated carbocycles. The molecule has 0 fully saturated rings. The number of halogens is 3. The van der Waals surface area contributed by atoms with Gasteiger partial charge >= 0.3 is 6.18 Å². The summed E-state index contributed by atoms with van der Waals surface area (Å²) >= 11 is 0. The molecule has 1 rings (SSSR count). The number of hydrogen-bond acceptors (Lipinski definition) is 3. The van der Waals surface area contributed by atoms with Gasteiger partial charge in [-0.3, -0.25) is 0 Å². The van der Waals surface area contributed by atoms with Crippen molar-refractivity contribution in [1.29, 1.82) is 0 Å². The van der Waals surface area contributed by atoms with E-state index in [2.05, 4.69) is 0 Å². The van der Waals surface area contributed by atoms with Gasteiger partial charge in [0.15, 0.2) is 6.10 Å². The van der Waals surface area contributed by atoms with Gasteiger partial charge in [-0.2, -0.15) is 13.2 Å². The largest absolute Gasteiger partial charge is 0.491 e. The molecule has 18 heavy (non-hydrogen) atoms. The van der Waals surface area contributed by atoms with Crippen molar-refractivity contribution >= 4 is 0 Å². The van der Waals surface area contributed by atoms with Crippen molar-refractivity contribution in [2.24, 2.45) is 5.73 Å². The second-order valence-electron chi connectivity index (χ2n) is 4.25. The lowest BCUT2D eigenvalue weighted by atomic mass is 10.0. The number of hydrogen-bond donors (Lipinski definition) is 2. The van der Waals surface area contributed by atoms with Crippen LogP contribution in [-0.4, -0.2) is 23.5 Å². The Labute approximate surface area is 103 Å². The van der Waals surface area contributed by atoms with Gasteiger partial charge in [-0.1, -0.05) is 12.1 Å². The van der Waals surface area contributed by atoms with Crippen molar-refractivity contribution in [2.75, 3.05) is 0 Å². The topological polar surface area (TPSA) is 55.5 Å². The maximum atomic E-state index is 12.3. The third kappa shape index (κ3) is 3.89. The Hall–Kier alpha value is -1.27. The summed E-state index contributed by atoms with van der Waals surface area (Å²) in [4.78, 5) is 0. The third-order valence-corrected chi connectivity index (χ3v) is 2.31. The zero-order chi connectivity index (χ0) is 13.9. The first-order valence-electron chi connectivity index (χ1n) is 5.49. The quantitative estimate of drug-likeness (QED) is 0.877. The molecule has 0 bridgehead atoms. The zero-order valence-electron chi connectivity index (χ0n) is 10.1. The number of ether oxygens (including phenoxy) is 1. The molecule has 0 aromatic heterocycles. The van der Waals surface area contributed by atoms with E-state index in [0.29, 0.717) is 5.75 Å². The summed E-state index contributed by atoms with van der Waals surface area (Å²) in [6.07, 6.45) is -7.33. The van der Waals surface area contributed by atoms with Crippen molar-refractivity contribution in [2.45, 2.75) is 38.3 Å². The normalized spacial score (nSPS) is 15.6. The summed E-state index contributed by atoms with van der Waals surface area (Å²) in [7, 11) is 0. The molecular formula is C12H16F3NO2. The molecule has 0 aliphatic heterocycles. The third-order valence-electron chi connectivity index (χ3n) is 2.31. The summed E-state index contributed by atoms with van der Waals surface area (Å²) in [5.41, 5.74) is 5.57. The van der Waals surface area contributed by atoms with Crippen LogP contribution in [0.15, 0.2) is 24.3 Å². The molecule has 102 valence electrons. The monoisotopic (exact) mass is 263 g/mol. The van der Waals surface area contributed by atoms with Crippen LogP contribution in [0.2, 0.25) is 0 Å². The lowest BCUT2D eigenvalue weighted by Gasteiger charge is -2.21. The molecule has 0 heterocycles. The van der Waals surface area contributed by atoms with Crippen molar-refractivity contribution in [1.82, 2.24) is 0 Å². The first kappa shape index (κ1) is 14.8. The molecule has 6 heteroatoms. The molecule has 0 unspecified atom stereocenters. The Bertz CT molecular complexity index is 376. The van der Waals surface area contributed by atoms with E-state index in [1.165, 1.54) is 24.3 Å². The van der Waals surface area contributed by atoms with Crippen LogP contribution in [0.5, 0.6) is 5.75 Å². The van der Waals surface area contributed by atoms with E-state index in [4.69, 9.17) is 15.6 Å². The van der Waals surface area contributed by atoms with Crippen LogP contribution < -0.4 is 10.5 Å². The summed E-state index contributed by atoms with van der Waals surface area (Å²) < 4.78 is 42.2. The van der Waals surface area contributed by atoms with E-state index < -0.39 is 18.3 Å². The van der Waals surface area contributed by atoms with E-state index in [0.717, 1.165) is 0 Å². The van der Waals surface area contributed by atoms with Gasteiger partial charge in [0.1, 0.15) is 5.75 Å². The first-order valence-corrected chi connectivity index (χ1v) is 5.49. The lowest BCUT2D eigenvalue weighted by Crippen LogP contribution is -2.38. The Morgan fingerprint density at radius 2 is 1.67 bits per heavy atom. The van der Waals surface area contributed by atoms with Gasteiger partial charge in [0.2, 0.25) is 0 Å². The SMILES string of the molecule is CC(C)Oc1ccc([C@@H](N)[C@@H](O)C(F)(F)F)cc1. The number of aliphatic hydroxyl groups excluding tert-OH is 1. The van der Waals surface area contributed by atoms with Gasteiger partial charge < -0.3 is 15.6 Å². The lowest BCUT2D eigenvalue weighted by molar-refractivity contribution is -0.210. The summed E-state index contributed by atoms with van der Waals surface area (Å²) in [5.74, 6) is 0.544. The second kappa shape index (κ2) is 5.58. The molecule has 3 N–H and O–H groups in total. The van der Waals surface area contributed by atoms with Gasteiger partial charge in [0.05, 0.1) is 12.1 Å². The van der Waals surface area contributed by atoms with Gasteiger partial charge in [-0.05, 0) is 31.5 Å². The zero-order valence-corrected chi connectivity index (χ0v) is 10.1. The van der Waals surface area contributed by atoms with Crippen LogP contribution >= 0.6 is 0 Å². The molecule has 0 aliphatic carbocycles. The number of alkyl halides is 3. The molecule has 1 aromatic rings. The average Bonchev–Trinajstić information content (AvgIpc) is 2.26. The fourth-order valence-corrected chi connectivity index (χ4v) is 1.43. The summed E-state index contributed by atoms with van der Waals surface area (Å²) in [5, 5.41) is 9.04. The molecule has 1 aromatic carbocycles. The molecule has 2 atom stereocenters. The van der Waals surface area contributed by atoms with E-state index in [1.54, 1.807) is 0 Å². The van der Waals surface area contributed by atoms with Crippen LogP contribution in [0.25, 0.3) is 0 Å². The molecule has 0 amide bonds. The summed E-state index contributed by atoms with van der Waals surface area (Å²) in [6.45, 7) is 3.68. The van der Waals surface area contributed by atoms with Crippen molar-refractivity contribution in [3.63, 3.8) is 0 Å². The van der Waals surface area contributed by atoms with E-state index in [9.17, 15) is 13.2 Å². The van der Waals surface area contributed by atoms with Gasteiger partial charge in [-0.25, -0.2) is 0 Å². The molecule has 0 aliphatic rings. The van der Waals surface area contributed by atoms with Crippen molar-refractivity contribution < 1.29 is 23.0 Å². The van der Waals surface area contributed by atoms with Gasteiger partial charge in [0, 0.05) is 0 Å². The second-order valence-corrected chi connectivity index (χ2v) is 4.25. The minimum absolute atomic E-state index is 0.0229. The average molecular weight is 263 g/mol. The Morgan fingerprint density at radius 1 is 1.17 bits per heavy atom. The van der Waals surface area contributed by atoms with Crippen molar-refractivity contribution in [3.05, 3.63) is 29.8 Å². The fourth-order valence-electron chi connectivity index (χ4n) is 1.43. The Kier molecular flexibility index (Phi) is 4.59. The van der Waals surface area contributed by atoms with E-state index in [1.807, 2.05) is 13.8 Å². The van der Waals surface area contributed by atoms with E-state index >= 15 is 0 Å². The van der Waals surface area contributed by atoms with Crippen LogP contribution in [0, 0.1) is 0 Å². The number of aliphatic hydroxyl groups is 1. The van der Waals surface area contributed by atoms with E-state index in [-0.39, 0.29) is 11.7 Å². The maximum Gasteiger partial charge on any atom is 0.416 e. The van der Waals surface area contributed by atoms with Crippen LogP contribution in [0.1, 0.15) is 25.5 Å². The number of benzene rings is 1. The smallest absolute Gasteiger partial charge is 0.416 e. The fraction of sp³-hybridized carbons (Fsp3) is 0.500. The van der Waals surface area contributed by atoms with Crippen molar-refractivity contribution in [3.8, 4) is 5.75 Å². The highest BCUT2D eigenvalue weighted by atomic mass is 19.4. The highest BCUT2D eigenvalue weighted by Gasteiger charge is 2.42. The first-order chi connectivity index (χ1) is 8.21. The highest BCUT2D eigenvalue weighted by Crippen LogP contribution is 2.29. The number of nitrogens with two attached hydrogens (primary N) is 1. The molecule has 0 saturated heterocycles. The predicted molar refractivity (Wildman–Crippen MR) is 61.2 cm³/mol.